The molecule has 1 saturated carbocycles. The Balaban J connectivity index is 1.48. The van der Waals surface area contributed by atoms with Crippen LogP contribution in [0.15, 0.2) is 42.5 Å². The predicted octanol–water partition coefficient (Wildman–Crippen LogP) is 8.83. The Bertz CT molecular complexity index is 708. The second kappa shape index (κ2) is 10.8. The van der Waals surface area contributed by atoms with E-state index in [-0.39, 0.29) is 5.82 Å². The van der Waals surface area contributed by atoms with Crippen molar-refractivity contribution in [2.45, 2.75) is 90.4 Å². The zero-order valence-corrected chi connectivity index (χ0v) is 17.9. The van der Waals surface area contributed by atoms with E-state index in [9.17, 15) is 4.39 Å². The van der Waals surface area contributed by atoms with Crippen molar-refractivity contribution >= 4 is 0 Å². The van der Waals surface area contributed by atoms with Gasteiger partial charge in [0.25, 0.3) is 0 Å². The minimum absolute atomic E-state index is 0.0736. The van der Waals surface area contributed by atoms with Gasteiger partial charge in [0.05, 0.1) is 0 Å². The standard InChI is InChI=1S/C27H37F/c1-3-4-5-6-7-8-9-22-12-16-23(17-13-22)25-18-19-26(27(28)20-25)24-14-10-21(2)11-15-24/h10-11,14-15,18-20,22-23H,3-9,12-13,16-17H2,1-2H3/t22-,23-. The van der Waals surface area contributed by atoms with Crippen LogP contribution in [0.25, 0.3) is 11.1 Å². The molecule has 0 bridgehead atoms. The molecule has 0 spiro atoms. The maximum Gasteiger partial charge on any atom is 0.131 e. The van der Waals surface area contributed by atoms with E-state index in [4.69, 9.17) is 0 Å². The summed E-state index contributed by atoms with van der Waals surface area (Å²) in [5, 5.41) is 0. The number of hydrogen-bond donors (Lipinski definition) is 0. The van der Waals surface area contributed by atoms with Crippen molar-refractivity contribution in [1.29, 1.82) is 0 Å². The summed E-state index contributed by atoms with van der Waals surface area (Å²) in [6.45, 7) is 4.34. The summed E-state index contributed by atoms with van der Waals surface area (Å²) < 4.78 is 14.8. The average molecular weight is 381 g/mol. The number of unbranched alkanes of at least 4 members (excludes halogenated alkanes) is 5. The van der Waals surface area contributed by atoms with Gasteiger partial charge in [-0.25, -0.2) is 4.39 Å². The summed E-state index contributed by atoms with van der Waals surface area (Å²) in [4.78, 5) is 0. The van der Waals surface area contributed by atoms with E-state index in [0.29, 0.717) is 5.92 Å². The lowest BCUT2D eigenvalue weighted by Gasteiger charge is -2.29. The van der Waals surface area contributed by atoms with Crippen molar-refractivity contribution in [2.75, 3.05) is 0 Å². The van der Waals surface area contributed by atoms with Crippen LogP contribution in [0, 0.1) is 18.7 Å². The molecule has 0 radical (unpaired) electrons. The van der Waals surface area contributed by atoms with Gasteiger partial charge in [-0.1, -0.05) is 93.8 Å². The first-order chi connectivity index (χ1) is 13.7. The van der Waals surface area contributed by atoms with Crippen LogP contribution in [0.1, 0.15) is 94.6 Å². The molecule has 0 unspecified atom stereocenters. The highest BCUT2D eigenvalue weighted by atomic mass is 19.1. The third kappa shape index (κ3) is 5.93. The van der Waals surface area contributed by atoms with Crippen molar-refractivity contribution < 1.29 is 4.39 Å². The number of aryl methyl sites for hydroxylation is 1. The third-order valence-corrected chi connectivity index (χ3v) is 6.64. The molecule has 3 rings (SSSR count). The third-order valence-electron chi connectivity index (χ3n) is 6.64. The lowest BCUT2D eigenvalue weighted by atomic mass is 9.77. The minimum atomic E-state index is -0.0736. The molecule has 1 aliphatic carbocycles. The van der Waals surface area contributed by atoms with Crippen molar-refractivity contribution in [1.82, 2.24) is 0 Å². The first-order valence-corrected chi connectivity index (χ1v) is 11.5. The number of benzene rings is 2. The second-order valence-corrected chi connectivity index (χ2v) is 8.88. The first-order valence-electron chi connectivity index (χ1n) is 11.5. The Kier molecular flexibility index (Phi) is 8.13. The van der Waals surface area contributed by atoms with E-state index in [1.54, 1.807) is 6.07 Å². The maximum absolute atomic E-state index is 14.8. The molecular weight excluding hydrogens is 343 g/mol. The van der Waals surface area contributed by atoms with Crippen molar-refractivity contribution in [3.63, 3.8) is 0 Å². The van der Waals surface area contributed by atoms with Crippen LogP contribution >= 0.6 is 0 Å². The summed E-state index contributed by atoms with van der Waals surface area (Å²) in [7, 11) is 0. The number of hydrogen-bond acceptors (Lipinski definition) is 0. The number of rotatable bonds is 9. The molecule has 28 heavy (non-hydrogen) atoms. The highest BCUT2D eigenvalue weighted by Crippen LogP contribution is 2.39. The summed E-state index contributed by atoms with van der Waals surface area (Å²) in [6, 6.07) is 14.1. The Morgan fingerprint density at radius 1 is 0.821 bits per heavy atom. The van der Waals surface area contributed by atoms with E-state index in [1.165, 1.54) is 81.8 Å². The minimum Gasteiger partial charge on any atom is -0.206 e. The van der Waals surface area contributed by atoms with Gasteiger partial charge < -0.3 is 0 Å². The van der Waals surface area contributed by atoms with Gasteiger partial charge in [0.15, 0.2) is 0 Å². The van der Waals surface area contributed by atoms with Crippen LogP contribution in [-0.2, 0) is 0 Å². The van der Waals surface area contributed by atoms with Crippen LogP contribution in [0.3, 0.4) is 0 Å². The van der Waals surface area contributed by atoms with Gasteiger partial charge in [0.2, 0.25) is 0 Å². The van der Waals surface area contributed by atoms with Gasteiger partial charge in [-0.3, -0.25) is 0 Å². The van der Waals surface area contributed by atoms with Gasteiger partial charge in [-0.15, -0.1) is 0 Å². The summed E-state index contributed by atoms with van der Waals surface area (Å²) in [5.74, 6) is 1.37. The highest BCUT2D eigenvalue weighted by molar-refractivity contribution is 5.64. The molecule has 0 heterocycles. The van der Waals surface area contributed by atoms with E-state index in [2.05, 4.69) is 19.9 Å². The predicted molar refractivity (Wildman–Crippen MR) is 119 cm³/mol. The summed E-state index contributed by atoms with van der Waals surface area (Å²) in [5.41, 5.74) is 4.10. The molecule has 0 nitrogen and oxygen atoms in total. The van der Waals surface area contributed by atoms with E-state index >= 15 is 0 Å². The fourth-order valence-electron chi connectivity index (χ4n) is 4.75. The molecule has 0 amide bonds. The second-order valence-electron chi connectivity index (χ2n) is 8.88. The number of halogens is 1. The Morgan fingerprint density at radius 2 is 1.50 bits per heavy atom. The van der Waals surface area contributed by atoms with Crippen molar-refractivity contribution in [2.24, 2.45) is 5.92 Å². The van der Waals surface area contributed by atoms with E-state index in [1.807, 2.05) is 30.3 Å². The van der Waals surface area contributed by atoms with Crippen LogP contribution in [-0.4, -0.2) is 0 Å². The Labute approximate surface area is 171 Å². The van der Waals surface area contributed by atoms with E-state index in [0.717, 1.165) is 17.0 Å². The SMILES string of the molecule is CCCCCCCC[C@H]1CC[C@H](c2ccc(-c3ccc(C)cc3)c(F)c2)CC1. The quantitative estimate of drug-likeness (QED) is 0.381. The smallest absolute Gasteiger partial charge is 0.131 e. The Hall–Kier alpha value is -1.63. The van der Waals surface area contributed by atoms with Crippen LogP contribution < -0.4 is 0 Å². The molecular formula is C27H37F. The largest absolute Gasteiger partial charge is 0.206 e. The molecule has 152 valence electrons. The fraction of sp³-hybridized carbons (Fsp3) is 0.556. The molecule has 0 N–H and O–H groups in total. The van der Waals surface area contributed by atoms with E-state index < -0.39 is 0 Å². The molecule has 2 aromatic rings. The topological polar surface area (TPSA) is 0 Å². The van der Waals surface area contributed by atoms with Gasteiger partial charge in [0.1, 0.15) is 5.82 Å². The molecule has 1 aliphatic rings. The van der Waals surface area contributed by atoms with Crippen LogP contribution in [0.4, 0.5) is 4.39 Å². The maximum atomic E-state index is 14.8. The molecule has 0 aliphatic heterocycles. The fourth-order valence-corrected chi connectivity index (χ4v) is 4.75. The molecule has 0 saturated heterocycles. The molecule has 2 aromatic carbocycles. The van der Waals surface area contributed by atoms with Gasteiger partial charge in [-0.2, -0.15) is 0 Å². The normalized spacial score (nSPS) is 19.7. The zero-order chi connectivity index (χ0) is 19.8. The first kappa shape index (κ1) is 21.1. The molecule has 0 atom stereocenters. The average Bonchev–Trinajstić information content (AvgIpc) is 2.72. The lowest BCUT2D eigenvalue weighted by molar-refractivity contribution is 0.301. The van der Waals surface area contributed by atoms with Gasteiger partial charge >= 0.3 is 0 Å². The van der Waals surface area contributed by atoms with Gasteiger partial charge in [0, 0.05) is 5.56 Å². The van der Waals surface area contributed by atoms with Crippen molar-refractivity contribution in [3.8, 4) is 11.1 Å². The molecule has 1 fully saturated rings. The molecule has 0 aromatic heterocycles. The van der Waals surface area contributed by atoms with Crippen LogP contribution in [0.5, 0.6) is 0 Å². The zero-order valence-electron chi connectivity index (χ0n) is 17.9. The summed E-state index contributed by atoms with van der Waals surface area (Å²) >= 11 is 0. The Morgan fingerprint density at radius 3 is 2.18 bits per heavy atom. The molecule has 1 heteroatoms. The van der Waals surface area contributed by atoms with Crippen LogP contribution in [0.2, 0.25) is 0 Å². The highest BCUT2D eigenvalue weighted by Gasteiger charge is 2.22. The monoisotopic (exact) mass is 380 g/mol. The lowest BCUT2D eigenvalue weighted by Crippen LogP contribution is -2.13. The van der Waals surface area contributed by atoms with Gasteiger partial charge in [-0.05, 0) is 61.6 Å². The summed E-state index contributed by atoms with van der Waals surface area (Å²) in [6.07, 6.45) is 14.9. The van der Waals surface area contributed by atoms with Crippen molar-refractivity contribution in [3.05, 3.63) is 59.4 Å².